The fourth-order valence-corrected chi connectivity index (χ4v) is 12.6. The third-order valence-corrected chi connectivity index (χ3v) is 20.1. The summed E-state index contributed by atoms with van der Waals surface area (Å²) in [4.78, 5) is 184. The number of ether oxygens (including phenoxy) is 10. The largest absolute Gasteiger partial charge is 0.494 e. The fraction of sp³-hybridized carbons (Fsp3) is 0.700. The van der Waals surface area contributed by atoms with Crippen LogP contribution in [0.2, 0.25) is 0 Å². The third kappa shape index (κ3) is 62.7. The number of rotatable bonds is 86. The minimum Gasteiger partial charge on any atom is -0.494 e. The molecule has 0 aliphatic heterocycles. The standard InChI is InChI=1S/C90H142N6O29.2H2/c1-67(97)70(24-16-18-42-92-84(106)65-123-59-55-119-51-45-95-85(107)66-122-58-52-116-46-22-27-73(98)35-40-78(89(114)115)96-82(104)29-15-11-7-5-9-13-21-49-125-77-38-32-69(33-39-77)87(110)111)61-79(101)71(62-80(102)90(2,3)91)25-17-19-43-93-83(105)64-121-57-53-117-47-23-28-75(100)63-120-56-54-118-50-44-94-81(103)41-34-72(88(112)113)60-74(99)26-14-10-6-4-8-12-20-48-124-76-36-30-68(31-37-76)86(108)109;;/h30-33,36-39,70-72,78H,4-29,34-35,40-66,91H2,1-3H3,(H,92,106)(H,93,105)(H,94,103)(H,95,107)(H,96,104)(H,108,109)(H,110,111)(H,112,113)(H,114,115);2*1H/t70-,71-,72-,78+;;/m1../s1. The van der Waals surface area contributed by atoms with Gasteiger partial charge in [0.1, 0.15) is 67.1 Å². The van der Waals surface area contributed by atoms with E-state index in [2.05, 4.69) is 26.6 Å². The molecule has 0 fully saturated rings. The van der Waals surface area contributed by atoms with E-state index in [0.29, 0.717) is 108 Å². The molecule has 0 heterocycles. The average Bonchev–Trinajstić information content (AvgIpc) is 0.875. The first kappa shape index (κ1) is 112. The lowest BCUT2D eigenvalue weighted by Crippen LogP contribution is -2.43. The molecule has 4 atom stereocenters. The Labute approximate surface area is 738 Å². The first-order valence-corrected chi connectivity index (χ1v) is 44.3. The molecule has 0 spiro atoms. The van der Waals surface area contributed by atoms with Crippen LogP contribution in [0, 0.1) is 17.8 Å². The molecule has 0 aliphatic rings. The summed E-state index contributed by atoms with van der Waals surface area (Å²) in [6.07, 6.45) is 16.8. The minimum absolute atomic E-state index is 0. The molecule has 35 nitrogen and oxygen atoms in total. The van der Waals surface area contributed by atoms with Gasteiger partial charge >= 0.3 is 23.9 Å². The molecule has 0 bridgehead atoms. The first-order chi connectivity index (χ1) is 60.0. The zero-order valence-corrected chi connectivity index (χ0v) is 73.9. The summed E-state index contributed by atoms with van der Waals surface area (Å²) in [5.41, 5.74) is 5.33. The van der Waals surface area contributed by atoms with Crippen LogP contribution in [0.25, 0.3) is 0 Å². The minimum atomic E-state index is -1.20. The molecule has 710 valence electrons. The van der Waals surface area contributed by atoms with Crippen LogP contribution in [0.3, 0.4) is 0 Å². The highest BCUT2D eigenvalue weighted by Gasteiger charge is 2.31. The lowest BCUT2D eigenvalue weighted by atomic mass is 9.82. The summed E-state index contributed by atoms with van der Waals surface area (Å²) < 4.78 is 54.8. The maximum atomic E-state index is 13.7. The van der Waals surface area contributed by atoms with Gasteiger partial charge in [0.15, 0.2) is 11.6 Å². The summed E-state index contributed by atoms with van der Waals surface area (Å²) >= 11 is 0. The van der Waals surface area contributed by atoms with E-state index in [-0.39, 0.29) is 261 Å². The monoisotopic (exact) mass is 1780 g/mol. The summed E-state index contributed by atoms with van der Waals surface area (Å²) in [7, 11) is 0. The molecule has 2 aromatic carbocycles. The predicted octanol–water partition coefficient (Wildman–Crippen LogP) is 9.18. The molecule has 2 aromatic rings. The molecule has 0 unspecified atom stereocenters. The van der Waals surface area contributed by atoms with Crippen LogP contribution in [-0.2, 0) is 100 Å². The number of hydrogen-bond acceptors (Lipinski definition) is 26. The Kier molecular flexibility index (Phi) is 64.5. The van der Waals surface area contributed by atoms with E-state index in [9.17, 15) is 82.1 Å². The van der Waals surface area contributed by atoms with Gasteiger partial charge in [0, 0.05) is 112 Å². The number of hydrogen-bond donors (Lipinski definition) is 10. The van der Waals surface area contributed by atoms with Gasteiger partial charge in [-0.25, -0.2) is 14.4 Å². The topological polar surface area (TPSA) is 515 Å². The van der Waals surface area contributed by atoms with Crippen LogP contribution < -0.4 is 41.8 Å². The van der Waals surface area contributed by atoms with Crippen molar-refractivity contribution in [3.63, 3.8) is 0 Å². The van der Waals surface area contributed by atoms with Crippen LogP contribution in [0.5, 0.6) is 11.5 Å². The Bertz CT molecular complexity index is 3460. The number of carboxylic acid groups (broad SMARTS) is 4. The number of nitrogens with two attached hydrogens (primary N) is 1. The number of ketones is 6. The highest BCUT2D eigenvalue weighted by Crippen LogP contribution is 2.25. The van der Waals surface area contributed by atoms with Crippen molar-refractivity contribution in [3.8, 4) is 11.5 Å². The van der Waals surface area contributed by atoms with E-state index < -0.39 is 53.2 Å². The molecule has 35 heteroatoms. The van der Waals surface area contributed by atoms with Gasteiger partial charge in [-0.05, 0) is 146 Å². The summed E-state index contributed by atoms with van der Waals surface area (Å²) in [6, 6.07) is 11.4. The van der Waals surface area contributed by atoms with Crippen molar-refractivity contribution >= 4 is 88.1 Å². The molecular formula is C90H146N6O29. The molecule has 0 aromatic heterocycles. The van der Waals surface area contributed by atoms with E-state index in [1.54, 1.807) is 38.1 Å². The number of unbranched alkanes of at least 4 members (excludes halogenated alkanes) is 14. The van der Waals surface area contributed by atoms with Crippen LogP contribution in [0.4, 0.5) is 0 Å². The predicted molar refractivity (Wildman–Crippen MR) is 465 cm³/mol. The van der Waals surface area contributed by atoms with Crippen molar-refractivity contribution in [1.29, 1.82) is 0 Å². The number of carbonyl (C=O) groups excluding carboxylic acids is 11. The van der Waals surface area contributed by atoms with Gasteiger partial charge in [0.2, 0.25) is 29.5 Å². The maximum Gasteiger partial charge on any atom is 0.335 e. The molecule has 5 amide bonds. The number of amides is 5. The number of carbonyl (C=O) groups is 15. The van der Waals surface area contributed by atoms with Crippen molar-refractivity contribution in [2.24, 2.45) is 23.5 Å². The first-order valence-electron chi connectivity index (χ1n) is 44.3. The Morgan fingerprint density at radius 1 is 0.336 bits per heavy atom. The van der Waals surface area contributed by atoms with Crippen LogP contribution in [0.15, 0.2) is 48.5 Å². The quantitative estimate of drug-likeness (QED) is 0.0276. The SMILES string of the molecule is CC(=O)[C@H](CCCCNC(=O)COCCOCCNC(=O)COCCOCCCC(=O)CC[C@H](NC(=O)CCCCCCCCCOc1ccc(C(=O)O)cc1)C(=O)O)CC(=O)[C@H](CCCCNC(=O)COCCOCCCC(=O)COCCOCCNC(=O)CC[C@H](CC(=O)CCCCCCCCCOc1ccc(C(=O)O)cc1)C(=O)O)CC(=O)C(C)(C)N.[HH].[HH]. The number of benzene rings is 2. The Morgan fingerprint density at radius 3 is 1.18 bits per heavy atom. The molecule has 0 aliphatic carbocycles. The highest BCUT2D eigenvalue weighted by molar-refractivity contribution is 5.94. The number of nitrogens with one attached hydrogen (secondary N) is 5. The van der Waals surface area contributed by atoms with Gasteiger partial charge in [-0.15, -0.1) is 0 Å². The molecule has 11 N–H and O–H groups in total. The van der Waals surface area contributed by atoms with Gasteiger partial charge in [0.25, 0.3) is 0 Å². The third-order valence-electron chi connectivity index (χ3n) is 20.1. The van der Waals surface area contributed by atoms with Crippen molar-refractivity contribution in [3.05, 3.63) is 59.7 Å². The smallest absolute Gasteiger partial charge is 0.335 e. The van der Waals surface area contributed by atoms with Crippen molar-refractivity contribution in [2.75, 3.05) is 145 Å². The van der Waals surface area contributed by atoms with Crippen LogP contribution in [0.1, 0.15) is 256 Å². The van der Waals surface area contributed by atoms with Crippen molar-refractivity contribution < 1.29 is 143 Å². The van der Waals surface area contributed by atoms with Crippen LogP contribution >= 0.6 is 0 Å². The van der Waals surface area contributed by atoms with Crippen molar-refractivity contribution in [1.82, 2.24) is 26.6 Å². The highest BCUT2D eigenvalue weighted by atomic mass is 16.5. The second-order valence-electron chi connectivity index (χ2n) is 31.5. The van der Waals surface area contributed by atoms with E-state index in [1.807, 2.05) is 0 Å². The fourth-order valence-electron chi connectivity index (χ4n) is 12.6. The van der Waals surface area contributed by atoms with E-state index in [4.69, 9.17) is 63.3 Å². The lowest BCUT2D eigenvalue weighted by molar-refractivity contribution is -0.144. The number of aromatic carboxylic acids is 2. The number of carboxylic acids is 4. The summed E-state index contributed by atoms with van der Waals surface area (Å²) in [5, 5.41) is 50.7. The summed E-state index contributed by atoms with van der Waals surface area (Å²) in [5.74, 6) is -8.13. The Hall–Kier alpha value is -9.07. The molecule has 125 heavy (non-hydrogen) atoms. The van der Waals surface area contributed by atoms with E-state index >= 15 is 0 Å². The van der Waals surface area contributed by atoms with Gasteiger partial charge in [-0.3, -0.25) is 57.5 Å². The lowest BCUT2D eigenvalue weighted by Gasteiger charge is -2.23. The van der Waals surface area contributed by atoms with E-state index in [0.717, 1.165) is 77.0 Å². The van der Waals surface area contributed by atoms with Gasteiger partial charge in [0.05, 0.1) is 102 Å². The number of aliphatic carboxylic acids is 2. The summed E-state index contributed by atoms with van der Waals surface area (Å²) in [6.45, 7) is 8.08. The van der Waals surface area contributed by atoms with Gasteiger partial charge in [-0.1, -0.05) is 77.0 Å². The molecule has 0 radical (unpaired) electrons. The molecular weight excluding hydrogens is 1630 g/mol. The second-order valence-corrected chi connectivity index (χ2v) is 31.5. The maximum absolute atomic E-state index is 13.7. The van der Waals surface area contributed by atoms with Gasteiger partial charge in [-0.2, -0.15) is 0 Å². The Balaban J connectivity index is 0.0000794. The number of Topliss-reactive ketones (excluding diaryl/α,β-unsaturated/α-hetero) is 6. The zero-order chi connectivity index (χ0) is 91.9. The normalized spacial score (nSPS) is 12.3. The molecule has 0 saturated heterocycles. The molecule has 2 rings (SSSR count). The Morgan fingerprint density at radius 2 is 0.736 bits per heavy atom. The van der Waals surface area contributed by atoms with E-state index in [1.165, 1.54) is 31.2 Å². The second kappa shape index (κ2) is 72.0. The van der Waals surface area contributed by atoms with Gasteiger partial charge < -0.3 is 100 Å². The zero-order valence-electron chi connectivity index (χ0n) is 73.9. The molecule has 0 saturated carbocycles. The average molecular weight is 1780 g/mol. The van der Waals surface area contributed by atoms with Crippen molar-refractivity contribution in [2.45, 2.75) is 244 Å². The van der Waals surface area contributed by atoms with Crippen LogP contribution in [-0.4, -0.2) is 265 Å².